The van der Waals surface area contributed by atoms with Crippen LogP contribution in [0.2, 0.25) is 0 Å². The lowest BCUT2D eigenvalue weighted by atomic mass is 9.79. The van der Waals surface area contributed by atoms with Crippen LogP contribution in [0.25, 0.3) is 0 Å². The Hall–Kier alpha value is -1.95. The first-order valence-corrected chi connectivity index (χ1v) is 9.11. The van der Waals surface area contributed by atoms with Gasteiger partial charge in [0, 0.05) is 45.2 Å². The Labute approximate surface area is 149 Å². The van der Waals surface area contributed by atoms with E-state index in [0.29, 0.717) is 26.1 Å². The average molecular weight is 345 g/mol. The van der Waals surface area contributed by atoms with Gasteiger partial charge in [0.2, 0.25) is 11.8 Å². The predicted octanol–water partition coefficient (Wildman–Crippen LogP) is 1.50. The number of aromatic nitrogens is 1. The molecular weight excluding hydrogens is 318 g/mol. The van der Waals surface area contributed by atoms with E-state index < -0.39 is 0 Å². The smallest absolute Gasteiger partial charge is 0.229 e. The number of carbonyl (C=O) groups is 2. The maximum atomic E-state index is 12.9. The Morgan fingerprint density at radius 1 is 1.24 bits per heavy atom. The van der Waals surface area contributed by atoms with Crippen LogP contribution >= 0.6 is 0 Å². The topological polar surface area (TPSA) is 62.7 Å². The van der Waals surface area contributed by atoms with Crippen molar-refractivity contribution in [1.29, 1.82) is 0 Å². The molecule has 3 rings (SSSR count). The monoisotopic (exact) mass is 345 g/mol. The summed E-state index contributed by atoms with van der Waals surface area (Å²) in [5, 5.41) is 0. The second-order valence-electron chi connectivity index (χ2n) is 7.05. The summed E-state index contributed by atoms with van der Waals surface area (Å²) in [5.41, 5.74) is 0.530. The van der Waals surface area contributed by atoms with Gasteiger partial charge in [0.25, 0.3) is 0 Å². The first-order chi connectivity index (χ1) is 12.1. The molecule has 6 heteroatoms. The summed E-state index contributed by atoms with van der Waals surface area (Å²) >= 11 is 0. The number of pyridine rings is 1. The molecule has 2 aliphatic heterocycles. The molecule has 2 saturated heterocycles. The standard InChI is InChI=1S/C19H27N3O3/c1-25-14-13-22-12-8-19(18(22)24)6-4-10-21(11-7-19)17(23)15-16-5-2-3-9-20-16/h2-3,5,9H,4,6-8,10-15H2,1H3/t19-/m0/s1. The lowest BCUT2D eigenvalue weighted by molar-refractivity contribution is -0.137. The quantitative estimate of drug-likeness (QED) is 0.811. The van der Waals surface area contributed by atoms with E-state index >= 15 is 0 Å². The fraction of sp³-hybridized carbons (Fsp3) is 0.632. The zero-order valence-electron chi connectivity index (χ0n) is 14.9. The SMILES string of the molecule is COCCN1CC[C@@]2(CCCN(C(=O)Cc3ccccn3)CC2)C1=O. The first-order valence-electron chi connectivity index (χ1n) is 9.11. The maximum Gasteiger partial charge on any atom is 0.229 e. The molecule has 0 unspecified atom stereocenters. The fourth-order valence-electron chi connectivity index (χ4n) is 3.98. The molecular formula is C19H27N3O3. The molecule has 2 amide bonds. The molecule has 0 radical (unpaired) electrons. The van der Waals surface area contributed by atoms with Gasteiger partial charge < -0.3 is 14.5 Å². The normalized spacial score (nSPS) is 24.0. The van der Waals surface area contributed by atoms with Crippen LogP contribution in [0.4, 0.5) is 0 Å². The van der Waals surface area contributed by atoms with Gasteiger partial charge in [-0.1, -0.05) is 6.07 Å². The molecule has 1 aromatic heterocycles. The molecule has 0 aromatic carbocycles. The summed E-state index contributed by atoms with van der Waals surface area (Å²) < 4.78 is 5.10. The van der Waals surface area contributed by atoms with E-state index in [1.165, 1.54) is 0 Å². The van der Waals surface area contributed by atoms with Crippen LogP contribution < -0.4 is 0 Å². The number of hydrogen-bond donors (Lipinski definition) is 0. The fourth-order valence-corrected chi connectivity index (χ4v) is 3.98. The number of ether oxygens (including phenoxy) is 1. The molecule has 3 heterocycles. The molecule has 1 aromatic rings. The third-order valence-corrected chi connectivity index (χ3v) is 5.52. The van der Waals surface area contributed by atoms with Gasteiger partial charge in [0.15, 0.2) is 0 Å². The highest BCUT2D eigenvalue weighted by Gasteiger charge is 2.46. The van der Waals surface area contributed by atoms with Crippen molar-refractivity contribution in [2.45, 2.75) is 32.1 Å². The Morgan fingerprint density at radius 3 is 2.84 bits per heavy atom. The highest BCUT2D eigenvalue weighted by atomic mass is 16.5. The first kappa shape index (κ1) is 17.9. The zero-order chi connectivity index (χ0) is 17.7. The van der Waals surface area contributed by atoms with Crippen molar-refractivity contribution < 1.29 is 14.3 Å². The van der Waals surface area contributed by atoms with Crippen molar-refractivity contribution in [2.24, 2.45) is 5.41 Å². The van der Waals surface area contributed by atoms with Gasteiger partial charge in [-0.15, -0.1) is 0 Å². The van der Waals surface area contributed by atoms with Gasteiger partial charge in [0.05, 0.1) is 18.4 Å². The number of methoxy groups -OCH3 is 1. The maximum absolute atomic E-state index is 12.9. The van der Waals surface area contributed by atoms with E-state index in [2.05, 4.69) is 4.98 Å². The summed E-state index contributed by atoms with van der Waals surface area (Å²) in [5.74, 6) is 0.362. The van der Waals surface area contributed by atoms with E-state index in [4.69, 9.17) is 4.74 Å². The summed E-state index contributed by atoms with van der Waals surface area (Å²) in [7, 11) is 1.66. The van der Waals surface area contributed by atoms with Crippen LogP contribution in [-0.4, -0.2) is 66.5 Å². The van der Waals surface area contributed by atoms with Gasteiger partial charge in [0.1, 0.15) is 0 Å². The molecule has 1 spiro atoms. The van der Waals surface area contributed by atoms with E-state index in [1.54, 1.807) is 13.3 Å². The predicted molar refractivity (Wildman–Crippen MR) is 93.9 cm³/mol. The summed E-state index contributed by atoms with van der Waals surface area (Å²) in [4.78, 5) is 33.5. The number of rotatable bonds is 5. The molecule has 1 atom stereocenters. The van der Waals surface area contributed by atoms with Crippen molar-refractivity contribution >= 4 is 11.8 Å². The third kappa shape index (κ3) is 4.00. The van der Waals surface area contributed by atoms with Crippen LogP contribution in [0.1, 0.15) is 31.4 Å². The van der Waals surface area contributed by atoms with Crippen molar-refractivity contribution in [3.63, 3.8) is 0 Å². The highest BCUT2D eigenvalue weighted by Crippen LogP contribution is 2.41. The molecule has 0 N–H and O–H groups in total. The Kier molecular flexibility index (Phi) is 5.68. The second kappa shape index (κ2) is 7.95. The van der Waals surface area contributed by atoms with Gasteiger partial charge in [-0.05, 0) is 37.8 Å². The largest absolute Gasteiger partial charge is 0.383 e. The lowest BCUT2D eigenvalue weighted by Gasteiger charge is -2.26. The van der Waals surface area contributed by atoms with Crippen LogP contribution in [0.5, 0.6) is 0 Å². The van der Waals surface area contributed by atoms with Crippen LogP contribution in [-0.2, 0) is 20.7 Å². The molecule has 0 bridgehead atoms. The van der Waals surface area contributed by atoms with Crippen molar-refractivity contribution in [3.8, 4) is 0 Å². The Balaban J connectivity index is 1.59. The van der Waals surface area contributed by atoms with E-state index in [1.807, 2.05) is 28.0 Å². The van der Waals surface area contributed by atoms with E-state index in [0.717, 1.165) is 44.5 Å². The van der Waals surface area contributed by atoms with Gasteiger partial charge >= 0.3 is 0 Å². The minimum atomic E-state index is -0.270. The number of carbonyl (C=O) groups excluding carboxylic acids is 2. The molecule has 2 aliphatic rings. The summed E-state index contributed by atoms with van der Waals surface area (Å²) in [6.07, 6.45) is 5.48. The number of hydrogen-bond acceptors (Lipinski definition) is 4. The number of nitrogens with zero attached hydrogens (tertiary/aromatic N) is 3. The van der Waals surface area contributed by atoms with Crippen LogP contribution in [0, 0.1) is 5.41 Å². The lowest BCUT2D eigenvalue weighted by Crippen LogP contribution is -2.38. The third-order valence-electron chi connectivity index (χ3n) is 5.52. The summed E-state index contributed by atoms with van der Waals surface area (Å²) in [6, 6.07) is 5.63. The van der Waals surface area contributed by atoms with Crippen LogP contribution in [0.15, 0.2) is 24.4 Å². The van der Waals surface area contributed by atoms with E-state index in [-0.39, 0.29) is 17.2 Å². The molecule has 6 nitrogen and oxygen atoms in total. The zero-order valence-corrected chi connectivity index (χ0v) is 14.9. The molecule has 2 fully saturated rings. The Morgan fingerprint density at radius 2 is 2.08 bits per heavy atom. The second-order valence-corrected chi connectivity index (χ2v) is 7.05. The number of likely N-dealkylation sites (tertiary alicyclic amines) is 2. The van der Waals surface area contributed by atoms with Crippen molar-refractivity contribution in [3.05, 3.63) is 30.1 Å². The molecule has 0 saturated carbocycles. The van der Waals surface area contributed by atoms with Gasteiger partial charge in [-0.25, -0.2) is 0 Å². The minimum Gasteiger partial charge on any atom is -0.383 e. The van der Waals surface area contributed by atoms with Crippen LogP contribution in [0.3, 0.4) is 0 Å². The minimum absolute atomic E-state index is 0.109. The van der Waals surface area contributed by atoms with Crippen molar-refractivity contribution in [1.82, 2.24) is 14.8 Å². The molecule has 136 valence electrons. The highest BCUT2D eigenvalue weighted by molar-refractivity contribution is 5.85. The number of amides is 2. The summed E-state index contributed by atoms with van der Waals surface area (Å²) in [6.45, 7) is 3.45. The van der Waals surface area contributed by atoms with Crippen molar-refractivity contribution in [2.75, 3.05) is 39.9 Å². The van der Waals surface area contributed by atoms with E-state index in [9.17, 15) is 9.59 Å². The van der Waals surface area contributed by atoms with Gasteiger partial charge in [-0.3, -0.25) is 14.6 Å². The molecule has 0 aliphatic carbocycles. The Bertz CT molecular complexity index is 607. The van der Waals surface area contributed by atoms with Gasteiger partial charge in [-0.2, -0.15) is 0 Å². The average Bonchev–Trinajstić information content (AvgIpc) is 2.80. The molecule has 25 heavy (non-hydrogen) atoms.